The molecule has 246 valence electrons. The highest BCUT2D eigenvalue weighted by molar-refractivity contribution is 6.07. The van der Waals surface area contributed by atoms with Gasteiger partial charge in [0, 0.05) is 48.9 Å². The molecule has 1 atom stereocenters. The molecule has 1 aromatic carbocycles. The number of phenols is 1. The number of alkyl halides is 3. The summed E-state index contributed by atoms with van der Waals surface area (Å²) in [6.45, 7) is 8.58. The van der Waals surface area contributed by atoms with Gasteiger partial charge in [-0.05, 0) is 73.9 Å². The molecule has 1 aliphatic carbocycles. The van der Waals surface area contributed by atoms with E-state index >= 15 is 0 Å². The van der Waals surface area contributed by atoms with Crippen molar-refractivity contribution in [2.45, 2.75) is 90.8 Å². The SMILES string of the molecule is CCC/C(N)=C1/C(=Nc2ccc(C3CC3)cc2O)CCN(C(=O)c2cnc(C(F)(F)F)cc2N)C1CC.CN/C=C/CC(C)C. The lowest BCUT2D eigenvalue weighted by Gasteiger charge is -2.39. The summed E-state index contributed by atoms with van der Waals surface area (Å²) in [5.41, 5.74) is 14.4. The first-order valence-corrected chi connectivity index (χ1v) is 15.7. The summed E-state index contributed by atoms with van der Waals surface area (Å²) in [6.07, 6.45) is 5.98. The topological polar surface area (TPSA) is 130 Å². The van der Waals surface area contributed by atoms with Crippen LogP contribution in [0.1, 0.15) is 100 Å². The second kappa shape index (κ2) is 15.8. The molecular formula is C34H47F3N6O2. The minimum absolute atomic E-state index is 0.0893. The van der Waals surface area contributed by atoms with Crippen LogP contribution in [0.4, 0.5) is 24.5 Å². The number of aromatic hydroxyl groups is 1. The zero-order chi connectivity index (χ0) is 33.3. The Morgan fingerprint density at radius 1 is 1.24 bits per heavy atom. The van der Waals surface area contributed by atoms with Crippen LogP contribution in [0.2, 0.25) is 0 Å². The van der Waals surface area contributed by atoms with Crippen molar-refractivity contribution in [3.05, 3.63) is 70.8 Å². The molecule has 45 heavy (non-hydrogen) atoms. The van der Waals surface area contributed by atoms with Crippen LogP contribution in [0.3, 0.4) is 0 Å². The standard InChI is InChI=1S/C27H32F3N5O2.C7H15N/c1-3-5-18(31)25-21(34-20-9-8-16(12-23(20)36)15-6-7-15)10-11-35(22(25)4-2)26(37)17-14-33-24(13-19(17)32)27(28,29)30;1-7(2)5-4-6-8-3/h8-9,12-15,22,36H,3-7,10-11,31H2,1-2H3,(H2,32,33);4,6-8H,5H2,1-3H3/b25-18+,34-21?;6-4+. The van der Waals surface area contributed by atoms with Gasteiger partial charge >= 0.3 is 6.18 Å². The second-order valence-corrected chi connectivity index (χ2v) is 11.9. The van der Waals surface area contributed by atoms with E-state index in [4.69, 9.17) is 16.5 Å². The molecule has 2 aromatic rings. The number of aliphatic imine (C=N–C) groups is 1. The third-order valence-corrected chi connectivity index (χ3v) is 7.78. The maximum Gasteiger partial charge on any atom is 0.433 e. The van der Waals surface area contributed by atoms with Crippen LogP contribution in [0.5, 0.6) is 5.75 Å². The molecule has 1 unspecified atom stereocenters. The number of aromatic nitrogens is 1. The van der Waals surface area contributed by atoms with Crippen molar-refractivity contribution in [2.24, 2.45) is 16.6 Å². The lowest BCUT2D eigenvalue weighted by atomic mass is 9.88. The van der Waals surface area contributed by atoms with Gasteiger partial charge in [-0.15, -0.1) is 0 Å². The first-order chi connectivity index (χ1) is 21.3. The zero-order valence-electron chi connectivity index (χ0n) is 26.9. The molecule has 1 aliphatic heterocycles. The highest BCUT2D eigenvalue weighted by Gasteiger charge is 2.37. The number of hydrogen-bond donors (Lipinski definition) is 4. The summed E-state index contributed by atoms with van der Waals surface area (Å²) < 4.78 is 39.1. The van der Waals surface area contributed by atoms with Gasteiger partial charge in [0.05, 0.1) is 11.6 Å². The van der Waals surface area contributed by atoms with Gasteiger partial charge in [-0.2, -0.15) is 13.2 Å². The smallest absolute Gasteiger partial charge is 0.433 e. The minimum Gasteiger partial charge on any atom is -0.506 e. The third kappa shape index (κ3) is 9.48. The van der Waals surface area contributed by atoms with E-state index in [0.717, 1.165) is 36.9 Å². The molecule has 8 nitrogen and oxygen atoms in total. The maximum atomic E-state index is 13.5. The maximum absolute atomic E-state index is 13.5. The number of nitrogens with zero attached hydrogens (tertiary/aromatic N) is 3. The number of carbonyl (C=O) groups excluding carboxylic acids is 1. The molecule has 0 bridgehead atoms. The molecule has 2 heterocycles. The molecule has 6 N–H and O–H groups in total. The summed E-state index contributed by atoms with van der Waals surface area (Å²) in [7, 11) is 1.91. The predicted octanol–water partition coefficient (Wildman–Crippen LogP) is 7.44. The van der Waals surface area contributed by atoms with Gasteiger partial charge in [0.1, 0.15) is 17.1 Å². The summed E-state index contributed by atoms with van der Waals surface area (Å²) in [5, 5.41) is 13.6. The van der Waals surface area contributed by atoms with Crippen LogP contribution in [0.15, 0.2) is 59.0 Å². The summed E-state index contributed by atoms with van der Waals surface area (Å²) >= 11 is 0. The normalized spacial score (nSPS) is 19.1. The molecule has 2 fully saturated rings. The van der Waals surface area contributed by atoms with E-state index in [-0.39, 0.29) is 23.5 Å². The van der Waals surface area contributed by atoms with Crippen molar-refractivity contribution in [2.75, 3.05) is 19.3 Å². The monoisotopic (exact) mass is 628 g/mol. The van der Waals surface area contributed by atoms with E-state index in [1.165, 1.54) is 6.42 Å². The third-order valence-electron chi connectivity index (χ3n) is 7.78. The molecule has 2 aliphatic rings. The number of likely N-dealkylation sites (tertiary alicyclic amines) is 1. The quantitative estimate of drug-likeness (QED) is 0.228. The zero-order valence-corrected chi connectivity index (χ0v) is 26.9. The Morgan fingerprint density at radius 2 is 1.96 bits per heavy atom. The number of rotatable bonds is 9. The number of nitrogen functional groups attached to an aromatic ring is 1. The van der Waals surface area contributed by atoms with Crippen molar-refractivity contribution in [3.63, 3.8) is 0 Å². The highest BCUT2D eigenvalue weighted by Crippen LogP contribution is 2.43. The van der Waals surface area contributed by atoms with E-state index < -0.39 is 23.8 Å². The fourth-order valence-electron chi connectivity index (χ4n) is 5.32. The Hall–Kier alpha value is -4.02. The Labute approximate surface area is 264 Å². The van der Waals surface area contributed by atoms with E-state index in [9.17, 15) is 23.1 Å². The van der Waals surface area contributed by atoms with Crippen molar-refractivity contribution in [1.82, 2.24) is 15.2 Å². The van der Waals surface area contributed by atoms with Gasteiger partial charge < -0.3 is 26.8 Å². The molecular weight excluding hydrogens is 581 g/mol. The van der Waals surface area contributed by atoms with Crippen LogP contribution < -0.4 is 16.8 Å². The Morgan fingerprint density at radius 3 is 2.49 bits per heavy atom. The number of benzene rings is 1. The number of amides is 1. The van der Waals surface area contributed by atoms with Crippen LogP contribution >= 0.6 is 0 Å². The number of hydrogen-bond acceptors (Lipinski definition) is 7. The lowest BCUT2D eigenvalue weighted by molar-refractivity contribution is -0.141. The van der Waals surface area contributed by atoms with Gasteiger partial charge in [0.25, 0.3) is 5.91 Å². The average molecular weight is 629 g/mol. The summed E-state index contributed by atoms with van der Waals surface area (Å²) in [5.74, 6) is 0.859. The van der Waals surface area contributed by atoms with Crippen LogP contribution in [0.25, 0.3) is 0 Å². The Kier molecular flexibility index (Phi) is 12.5. The molecule has 0 radical (unpaired) electrons. The number of allylic oxidation sites excluding steroid dienone is 2. The van der Waals surface area contributed by atoms with Gasteiger partial charge in [-0.25, -0.2) is 4.99 Å². The van der Waals surface area contributed by atoms with E-state index in [2.05, 4.69) is 30.2 Å². The fraction of sp³-hybridized carbons (Fsp3) is 0.500. The van der Waals surface area contributed by atoms with E-state index in [0.29, 0.717) is 53.9 Å². The van der Waals surface area contributed by atoms with Gasteiger partial charge in [-0.1, -0.05) is 46.3 Å². The average Bonchev–Trinajstić information content (AvgIpc) is 3.83. The molecule has 1 saturated carbocycles. The summed E-state index contributed by atoms with van der Waals surface area (Å²) in [6, 6.07) is 5.76. The van der Waals surface area contributed by atoms with Gasteiger partial charge in [0.2, 0.25) is 0 Å². The van der Waals surface area contributed by atoms with Crippen molar-refractivity contribution in [3.8, 4) is 5.75 Å². The van der Waals surface area contributed by atoms with Crippen molar-refractivity contribution in [1.29, 1.82) is 0 Å². The highest BCUT2D eigenvalue weighted by atomic mass is 19.4. The molecule has 0 spiro atoms. The number of halogens is 3. The van der Waals surface area contributed by atoms with Crippen LogP contribution in [0, 0.1) is 5.92 Å². The molecule has 1 amide bonds. The minimum atomic E-state index is -4.66. The number of phenolic OH excluding ortho intramolecular Hbond substituents is 1. The number of nitrogens with one attached hydrogen (secondary N) is 1. The largest absolute Gasteiger partial charge is 0.506 e. The first kappa shape index (κ1) is 35.5. The predicted molar refractivity (Wildman–Crippen MR) is 174 cm³/mol. The number of nitrogens with two attached hydrogens (primary N) is 2. The molecule has 11 heteroatoms. The number of piperidine rings is 1. The first-order valence-electron chi connectivity index (χ1n) is 15.7. The number of pyridine rings is 1. The summed E-state index contributed by atoms with van der Waals surface area (Å²) in [4.78, 5) is 23.3. The number of carbonyl (C=O) groups is 1. The van der Waals surface area contributed by atoms with Gasteiger partial charge in [-0.3, -0.25) is 9.78 Å². The molecule has 1 saturated heterocycles. The molecule has 1 aromatic heterocycles. The second-order valence-electron chi connectivity index (χ2n) is 11.9. The number of anilines is 1. The Bertz CT molecular complexity index is 1410. The van der Waals surface area contributed by atoms with E-state index in [1.807, 2.05) is 33.2 Å². The van der Waals surface area contributed by atoms with E-state index in [1.54, 1.807) is 17.0 Å². The van der Waals surface area contributed by atoms with Crippen molar-refractivity contribution < 1.29 is 23.1 Å². The van der Waals surface area contributed by atoms with Crippen LogP contribution in [-0.2, 0) is 6.18 Å². The lowest BCUT2D eigenvalue weighted by Crippen LogP contribution is -2.49. The van der Waals surface area contributed by atoms with Crippen LogP contribution in [-0.4, -0.2) is 46.2 Å². The van der Waals surface area contributed by atoms with Gasteiger partial charge in [0.15, 0.2) is 0 Å². The molecule has 4 rings (SSSR count). The van der Waals surface area contributed by atoms with Crippen molar-refractivity contribution >= 4 is 23.0 Å². The fourth-order valence-corrected chi connectivity index (χ4v) is 5.32. The Balaban J connectivity index is 0.000000610.